The van der Waals surface area contributed by atoms with Crippen molar-refractivity contribution in [1.29, 1.82) is 0 Å². The first-order valence-electron chi connectivity index (χ1n) is 8.60. The molecule has 2 aromatic rings. The Morgan fingerprint density at radius 2 is 1.19 bits per heavy atom. The van der Waals surface area contributed by atoms with E-state index in [9.17, 15) is 9.59 Å². The van der Waals surface area contributed by atoms with Crippen molar-refractivity contribution in [3.8, 4) is 0 Å². The fraction of sp³-hybridized carbons (Fsp3) is 0.333. The Morgan fingerprint density at radius 3 is 1.44 bits per heavy atom. The van der Waals surface area contributed by atoms with Crippen LogP contribution in [0.4, 0.5) is 11.4 Å². The summed E-state index contributed by atoms with van der Waals surface area (Å²) in [7, 11) is 6.97. The van der Waals surface area contributed by atoms with Gasteiger partial charge in [-0.05, 0) is 26.9 Å². The minimum absolute atomic E-state index is 0. The summed E-state index contributed by atoms with van der Waals surface area (Å²) in [6.07, 6.45) is 0. The van der Waals surface area contributed by atoms with Crippen LogP contribution in [0, 0.1) is 41.1 Å². The number of hydrogen-bond donors (Lipinski definition) is 4. The predicted molar refractivity (Wildman–Crippen MR) is 120 cm³/mol. The summed E-state index contributed by atoms with van der Waals surface area (Å²) in [5.74, 6) is 1.53. The monoisotopic (exact) mass is 624 g/mol. The molecule has 0 amide bonds. The van der Waals surface area contributed by atoms with Gasteiger partial charge in [-0.1, -0.05) is 23.5 Å². The first-order valence-corrected chi connectivity index (χ1v) is 10.6. The van der Waals surface area contributed by atoms with Crippen LogP contribution in [-0.4, -0.2) is 44.5 Å². The number of aromatic nitrogens is 4. The Labute approximate surface area is 246 Å². The molecule has 0 fully saturated rings. The third-order valence-corrected chi connectivity index (χ3v) is 5.10. The Kier molecular flexibility index (Phi) is 20.0. The molecule has 0 atom stereocenters. The minimum atomic E-state index is -0.373. The maximum atomic E-state index is 11.4. The van der Waals surface area contributed by atoms with E-state index < -0.39 is 0 Å². The number of aryl methyl sites for hydroxylation is 2. The van der Waals surface area contributed by atoms with Gasteiger partial charge in [0.15, 0.2) is 10.3 Å². The second kappa shape index (κ2) is 18.9. The molecule has 2 rings (SSSR count). The normalized spacial score (nSPS) is 9.31. The van der Waals surface area contributed by atoms with E-state index >= 15 is 0 Å². The Bertz CT molecular complexity index is 964. The van der Waals surface area contributed by atoms with Crippen molar-refractivity contribution in [2.24, 2.45) is 0 Å². The molecule has 4 N–H and O–H groups in total. The number of hydrogen-bond acceptors (Lipinski definition) is 8. The molecule has 32 heavy (non-hydrogen) atoms. The molecular weight excluding hydrogens is 602 g/mol. The topological polar surface area (TPSA) is 124 Å². The average Bonchev–Trinajstić information content (AvgIpc) is 2.69. The van der Waals surface area contributed by atoms with Crippen LogP contribution in [-0.2, 0) is 65.4 Å². The van der Waals surface area contributed by atoms with Gasteiger partial charge < -0.3 is 20.6 Å². The molecule has 0 aliphatic heterocycles. The minimum Gasteiger partial charge on any atom is -0.472 e. The smallest absolute Gasteiger partial charge is 0.271 e. The molecule has 0 spiro atoms. The third kappa shape index (κ3) is 11.6. The zero-order chi connectivity index (χ0) is 22.5. The van der Waals surface area contributed by atoms with Crippen LogP contribution in [0.5, 0.6) is 0 Å². The van der Waals surface area contributed by atoms with Crippen molar-refractivity contribution in [1.82, 2.24) is 30.6 Å². The van der Waals surface area contributed by atoms with E-state index in [-0.39, 0.29) is 87.9 Å². The van der Waals surface area contributed by atoms with Gasteiger partial charge in [-0.2, -0.15) is 0 Å². The van der Waals surface area contributed by atoms with Crippen molar-refractivity contribution in [3.05, 3.63) is 69.0 Å². The van der Waals surface area contributed by atoms with Crippen LogP contribution in [0.3, 0.4) is 0 Å². The second-order valence-corrected chi connectivity index (χ2v) is 7.70. The zero-order valence-electron chi connectivity index (χ0n) is 17.8. The van der Waals surface area contributed by atoms with E-state index in [0.29, 0.717) is 21.7 Å². The number of rotatable bonds is 8. The fourth-order valence-corrected chi connectivity index (χ4v) is 3.56. The molecule has 0 saturated heterocycles. The van der Waals surface area contributed by atoms with Gasteiger partial charge in [0.05, 0.1) is 24.5 Å². The van der Waals surface area contributed by atoms with Gasteiger partial charge in [-0.3, -0.25) is 23.7 Å². The molecule has 14 heteroatoms. The van der Waals surface area contributed by atoms with Crippen molar-refractivity contribution in [2.45, 2.75) is 24.2 Å². The Hall–Kier alpha value is -0.432. The van der Waals surface area contributed by atoms with Gasteiger partial charge >= 0.3 is 0 Å². The van der Waals surface area contributed by atoms with Gasteiger partial charge in [0, 0.05) is 76.9 Å². The molecule has 0 aliphatic rings. The Balaban J connectivity index is 0. The van der Waals surface area contributed by atoms with Crippen molar-refractivity contribution < 1.29 is 65.4 Å². The molecule has 10 nitrogen and oxygen atoms in total. The molecule has 0 saturated carbocycles. The molecule has 0 aliphatic carbocycles. The zero-order valence-corrected chi connectivity index (χ0v) is 25.1. The van der Waals surface area contributed by atoms with Gasteiger partial charge in [0.1, 0.15) is 0 Å². The van der Waals surface area contributed by atoms with Gasteiger partial charge in [0.25, 0.3) is 22.5 Å². The second-order valence-electron chi connectivity index (χ2n) is 5.53. The van der Waals surface area contributed by atoms with Gasteiger partial charge in [-0.15, -0.1) is 0 Å². The van der Waals surface area contributed by atoms with E-state index in [4.69, 9.17) is 13.1 Å². The van der Waals surface area contributed by atoms with Crippen LogP contribution in [0.25, 0.3) is 9.69 Å². The van der Waals surface area contributed by atoms with E-state index in [2.05, 4.69) is 54.4 Å². The maximum absolute atomic E-state index is 11.4. The van der Waals surface area contributed by atoms with Gasteiger partial charge in [0.2, 0.25) is 0 Å². The SMILES string of the molecule is [C-]#[N+]c1c(C)nc(SCCN[CH2-])[nH]c1=O.[C-]#[N+]c1c(C)nc(SCCN[CH2-])[nH]c1=O.[Y].[Y]. The van der Waals surface area contributed by atoms with E-state index in [1.807, 2.05) is 0 Å². The number of nitrogens with zero attached hydrogens (tertiary/aromatic N) is 4. The molecule has 2 heterocycles. The summed E-state index contributed by atoms with van der Waals surface area (Å²) in [5.41, 5.74) is 0.326. The molecule has 2 aromatic heterocycles. The number of nitrogens with one attached hydrogen (secondary N) is 4. The molecule has 2 radical (unpaired) electrons. The molecule has 0 unspecified atom stereocenters. The Morgan fingerprint density at radius 1 is 0.844 bits per heavy atom. The van der Waals surface area contributed by atoms with Gasteiger partial charge in [-0.25, -0.2) is 19.7 Å². The van der Waals surface area contributed by atoms with E-state index in [0.717, 1.165) is 24.6 Å². The van der Waals surface area contributed by atoms with Crippen LogP contribution in [0.15, 0.2) is 19.9 Å². The fourth-order valence-electron chi connectivity index (χ4n) is 1.95. The number of thioether (sulfide) groups is 2. The molecular formula is C18H22N8O2S2Y2-2. The summed E-state index contributed by atoms with van der Waals surface area (Å²) in [5, 5.41) is 6.58. The van der Waals surface area contributed by atoms with E-state index in [1.165, 1.54) is 23.5 Å². The van der Waals surface area contributed by atoms with Crippen LogP contribution < -0.4 is 21.8 Å². The van der Waals surface area contributed by atoms with Crippen LogP contribution in [0.2, 0.25) is 0 Å². The average molecular weight is 624 g/mol. The van der Waals surface area contributed by atoms with E-state index in [1.54, 1.807) is 13.8 Å². The maximum Gasteiger partial charge on any atom is 0.271 e. The quantitative estimate of drug-likeness (QED) is 0.153. The first-order chi connectivity index (χ1) is 14.4. The molecule has 0 bridgehead atoms. The summed E-state index contributed by atoms with van der Waals surface area (Å²) < 4.78 is 0. The van der Waals surface area contributed by atoms with Crippen LogP contribution in [0.1, 0.15) is 11.4 Å². The third-order valence-electron chi connectivity index (χ3n) is 3.35. The first kappa shape index (κ1) is 33.7. The molecule has 166 valence electrons. The summed E-state index contributed by atoms with van der Waals surface area (Å²) in [6, 6.07) is 0. The number of aromatic amines is 2. The standard InChI is InChI=1S/2C9H11N4OS.2Y/c2*1-6-7(11-3)8(14)13-9(12-6)15-5-4-10-2;;/h2*10H,2,4-5H2,1H3,(H,12,13,14);;/q2*-1;;. The summed E-state index contributed by atoms with van der Waals surface area (Å²) in [4.78, 5) is 42.4. The number of H-pyrrole nitrogens is 2. The largest absolute Gasteiger partial charge is 0.472 e. The predicted octanol–water partition coefficient (Wildman–Crippen LogP) is 2.20. The van der Waals surface area contributed by atoms with Crippen molar-refractivity contribution >= 4 is 34.9 Å². The molecule has 0 aromatic carbocycles. The van der Waals surface area contributed by atoms with Crippen molar-refractivity contribution in [2.75, 3.05) is 24.6 Å². The summed E-state index contributed by atoms with van der Waals surface area (Å²) >= 11 is 2.84. The van der Waals surface area contributed by atoms with Crippen LogP contribution >= 0.6 is 23.5 Å². The van der Waals surface area contributed by atoms with Crippen molar-refractivity contribution in [3.63, 3.8) is 0 Å². The summed E-state index contributed by atoms with van der Waals surface area (Å²) in [6.45, 7) is 18.4.